The average Bonchev–Trinajstić information content (AvgIpc) is 2.67. The number of halogens is 1. The van der Waals surface area contributed by atoms with Gasteiger partial charge in [-0.05, 0) is 54.7 Å². The molecular weight excluding hydrogens is 374 g/mol. The highest BCUT2D eigenvalue weighted by Crippen LogP contribution is 2.42. The third-order valence-corrected chi connectivity index (χ3v) is 5.71. The number of ether oxygens (including phenoxy) is 1. The zero-order chi connectivity index (χ0) is 19.6. The van der Waals surface area contributed by atoms with Gasteiger partial charge >= 0.3 is 0 Å². The molecular formula is C22H24ClN3O2. The number of benzene rings is 2. The molecule has 1 fully saturated rings. The van der Waals surface area contributed by atoms with E-state index in [9.17, 15) is 4.79 Å². The Morgan fingerprint density at radius 2 is 2.07 bits per heavy atom. The molecule has 2 aliphatic heterocycles. The average molecular weight is 398 g/mol. The number of carbonyl (C=O) groups is 1. The van der Waals surface area contributed by atoms with Crippen molar-refractivity contribution in [2.75, 3.05) is 23.8 Å². The summed E-state index contributed by atoms with van der Waals surface area (Å²) < 4.78 is 5.63. The number of amidine groups is 1. The van der Waals surface area contributed by atoms with E-state index in [1.165, 1.54) is 12.5 Å². The molecule has 0 aliphatic carbocycles. The third kappa shape index (κ3) is 4.05. The molecule has 28 heavy (non-hydrogen) atoms. The van der Waals surface area contributed by atoms with Crippen molar-refractivity contribution >= 4 is 34.7 Å². The van der Waals surface area contributed by atoms with E-state index < -0.39 is 0 Å². The van der Waals surface area contributed by atoms with E-state index in [4.69, 9.17) is 21.3 Å². The van der Waals surface area contributed by atoms with Crippen LogP contribution in [0.15, 0.2) is 47.5 Å². The summed E-state index contributed by atoms with van der Waals surface area (Å²) in [4.78, 5) is 16.4. The number of fused-ring (bicyclic) bond motifs is 1. The number of aliphatic imine (C=N–C) groups is 1. The van der Waals surface area contributed by atoms with E-state index in [2.05, 4.69) is 16.7 Å². The van der Waals surface area contributed by atoms with Gasteiger partial charge in [0.25, 0.3) is 0 Å². The van der Waals surface area contributed by atoms with Crippen LogP contribution in [0.3, 0.4) is 0 Å². The van der Waals surface area contributed by atoms with Crippen LogP contribution in [0.1, 0.15) is 30.9 Å². The summed E-state index contributed by atoms with van der Waals surface area (Å²) >= 11 is 6.12. The van der Waals surface area contributed by atoms with Crippen LogP contribution in [0.2, 0.25) is 5.02 Å². The van der Waals surface area contributed by atoms with Crippen LogP contribution in [0.5, 0.6) is 0 Å². The molecule has 4 rings (SSSR count). The molecule has 1 spiro atoms. The van der Waals surface area contributed by atoms with Crippen LogP contribution < -0.4 is 10.6 Å². The molecule has 2 aromatic rings. The first-order valence-corrected chi connectivity index (χ1v) is 9.97. The lowest BCUT2D eigenvalue weighted by Crippen LogP contribution is -2.45. The second kappa shape index (κ2) is 7.94. The predicted octanol–water partition coefficient (Wildman–Crippen LogP) is 4.66. The van der Waals surface area contributed by atoms with E-state index in [0.717, 1.165) is 60.3 Å². The van der Waals surface area contributed by atoms with E-state index in [0.29, 0.717) is 6.54 Å². The van der Waals surface area contributed by atoms with Crippen molar-refractivity contribution in [2.45, 2.75) is 32.7 Å². The quantitative estimate of drug-likeness (QED) is 0.791. The maximum absolute atomic E-state index is 11.4. The number of nitrogens with zero attached hydrogens (tertiary/aromatic N) is 1. The Balaban J connectivity index is 1.66. The van der Waals surface area contributed by atoms with Gasteiger partial charge in [0.1, 0.15) is 5.84 Å². The standard InChI is InChI=1S/C22H24ClN3O2/c1-15(27)25-19-6-5-17-13-22(7-9-28-10-8-22)21(26-20(17)12-19)24-14-16-3-2-4-18(23)11-16/h2-6,11-12H,7-10,13-14H2,1H3,(H,24,26)(H,25,27). The molecule has 2 N–H and O–H groups in total. The van der Waals surface area contributed by atoms with Crippen molar-refractivity contribution in [1.82, 2.24) is 0 Å². The predicted molar refractivity (Wildman–Crippen MR) is 113 cm³/mol. The molecule has 0 aromatic heterocycles. The van der Waals surface area contributed by atoms with E-state index in [1.807, 2.05) is 36.4 Å². The highest BCUT2D eigenvalue weighted by Gasteiger charge is 2.41. The second-order valence-electron chi connectivity index (χ2n) is 7.54. The molecule has 0 bridgehead atoms. The van der Waals surface area contributed by atoms with Gasteiger partial charge in [-0.15, -0.1) is 0 Å². The fourth-order valence-corrected chi connectivity index (χ4v) is 4.24. The maximum Gasteiger partial charge on any atom is 0.221 e. The summed E-state index contributed by atoms with van der Waals surface area (Å²) in [5.41, 5.74) is 4.10. The molecule has 1 amide bonds. The maximum atomic E-state index is 11.4. The zero-order valence-electron chi connectivity index (χ0n) is 15.9. The highest BCUT2D eigenvalue weighted by atomic mass is 35.5. The summed E-state index contributed by atoms with van der Waals surface area (Å²) in [5.74, 6) is 0.926. The smallest absolute Gasteiger partial charge is 0.221 e. The summed E-state index contributed by atoms with van der Waals surface area (Å²) in [7, 11) is 0. The number of carbonyl (C=O) groups excluding carboxylic acids is 1. The Bertz CT molecular complexity index is 920. The number of hydrogen-bond acceptors (Lipinski definition) is 3. The van der Waals surface area contributed by atoms with Gasteiger partial charge in [0.2, 0.25) is 5.91 Å². The molecule has 146 valence electrons. The van der Waals surface area contributed by atoms with Crippen molar-refractivity contribution in [3.05, 3.63) is 58.6 Å². The Kier molecular flexibility index (Phi) is 5.38. The Hall–Kier alpha value is -2.37. The molecule has 0 unspecified atom stereocenters. The van der Waals surface area contributed by atoms with Crippen molar-refractivity contribution < 1.29 is 9.53 Å². The number of anilines is 2. The fourth-order valence-electron chi connectivity index (χ4n) is 4.03. The van der Waals surface area contributed by atoms with Gasteiger partial charge in [0.15, 0.2) is 0 Å². The first kappa shape index (κ1) is 19.0. The molecule has 5 nitrogen and oxygen atoms in total. The molecule has 2 heterocycles. The molecule has 2 aliphatic rings. The fraction of sp³-hybridized carbons (Fsp3) is 0.364. The summed E-state index contributed by atoms with van der Waals surface area (Å²) in [5, 5.41) is 7.14. The summed E-state index contributed by atoms with van der Waals surface area (Å²) in [6, 6.07) is 13.9. The van der Waals surface area contributed by atoms with Gasteiger partial charge in [-0.1, -0.05) is 29.8 Å². The monoisotopic (exact) mass is 397 g/mol. The number of nitrogens with one attached hydrogen (secondary N) is 2. The summed E-state index contributed by atoms with van der Waals surface area (Å²) in [6.07, 6.45) is 2.82. The lowest BCUT2D eigenvalue weighted by atomic mass is 9.71. The Morgan fingerprint density at radius 1 is 1.25 bits per heavy atom. The Morgan fingerprint density at radius 3 is 2.82 bits per heavy atom. The second-order valence-corrected chi connectivity index (χ2v) is 7.98. The number of amides is 1. The number of rotatable bonds is 3. The van der Waals surface area contributed by atoms with Crippen LogP contribution >= 0.6 is 11.6 Å². The van der Waals surface area contributed by atoms with Gasteiger partial charge in [0.05, 0.1) is 6.54 Å². The normalized spacial score (nSPS) is 19.1. The van der Waals surface area contributed by atoms with Gasteiger partial charge in [-0.25, -0.2) is 0 Å². The van der Waals surface area contributed by atoms with Gasteiger partial charge in [-0.3, -0.25) is 9.79 Å². The molecule has 6 heteroatoms. The first-order valence-electron chi connectivity index (χ1n) is 9.59. The van der Waals surface area contributed by atoms with Crippen LogP contribution in [0.25, 0.3) is 0 Å². The zero-order valence-corrected chi connectivity index (χ0v) is 16.7. The molecule has 0 saturated carbocycles. The third-order valence-electron chi connectivity index (χ3n) is 5.47. The molecule has 2 aromatic carbocycles. The van der Waals surface area contributed by atoms with Crippen molar-refractivity contribution in [3.8, 4) is 0 Å². The van der Waals surface area contributed by atoms with Crippen LogP contribution in [0.4, 0.5) is 11.4 Å². The van der Waals surface area contributed by atoms with Gasteiger partial charge in [0, 0.05) is 41.9 Å². The largest absolute Gasteiger partial charge is 0.381 e. The van der Waals surface area contributed by atoms with E-state index in [1.54, 1.807) is 0 Å². The van der Waals surface area contributed by atoms with Crippen molar-refractivity contribution in [3.63, 3.8) is 0 Å². The van der Waals surface area contributed by atoms with Crippen LogP contribution in [-0.4, -0.2) is 25.0 Å². The minimum Gasteiger partial charge on any atom is -0.381 e. The minimum atomic E-state index is -0.0773. The summed E-state index contributed by atoms with van der Waals surface area (Å²) in [6.45, 7) is 3.59. The van der Waals surface area contributed by atoms with Crippen molar-refractivity contribution in [1.29, 1.82) is 0 Å². The highest BCUT2D eigenvalue weighted by molar-refractivity contribution is 6.30. The van der Waals surface area contributed by atoms with Gasteiger partial charge in [-0.2, -0.15) is 0 Å². The Labute approximate surface area is 170 Å². The molecule has 0 radical (unpaired) electrons. The van der Waals surface area contributed by atoms with Crippen LogP contribution in [-0.2, 0) is 22.5 Å². The molecule has 0 atom stereocenters. The minimum absolute atomic E-state index is 0.0284. The van der Waals surface area contributed by atoms with Gasteiger partial charge < -0.3 is 15.4 Å². The number of hydrogen-bond donors (Lipinski definition) is 2. The van der Waals surface area contributed by atoms with E-state index in [-0.39, 0.29) is 11.3 Å². The topological polar surface area (TPSA) is 62.7 Å². The SMILES string of the molecule is CC(=O)Nc1ccc2c(c1)NC(=NCc1cccc(Cl)c1)C1(CCOCC1)C2. The molecule has 1 saturated heterocycles. The lowest BCUT2D eigenvalue weighted by molar-refractivity contribution is -0.114. The van der Waals surface area contributed by atoms with Crippen molar-refractivity contribution in [2.24, 2.45) is 10.4 Å². The lowest BCUT2D eigenvalue weighted by Gasteiger charge is -2.42. The first-order chi connectivity index (χ1) is 13.5. The van der Waals surface area contributed by atoms with Crippen LogP contribution in [0, 0.1) is 5.41 Å². The van der Waals surface area contributed by atoms with E-state index >= 15 is 0 Å².